The van der Waals surface area contributed by atoms with Crippen LogP contribution in [0.5, 0.6) is 0 Å². The smallest absolute Gasteiger partial charge is 0.254 e. The summed E-state index contributed by atoms with van der Waals surface area (Å²) in [6, 6.07) is 0. The summed E-state index contributed by atoms with van der Waals surface area (Å²) < 4.78 is 0. The van der Waals surface area contributed by atoms with E-state index in [1.807, 2.05) is 6.20 Å². The van der Waals surface area contributed by atoms with Crippen molar-refractivity contribution in [1.29, 1.82) is 0 Å². The van der Waals surface area contributed by atoms with Gasteiger partial charge in [-0.1, -0.05) is 12.8 Å². The molecule has 1 aliphatic carbocycles. The number of aromatic amines is 1. The van der Waals surface area contributed by atoms with Gasteiger partial charge in [-0.3, -0.25) is 4.79 Å². The maximum atomic E-state index is 12.1. The minimum Gasteiger partial charge on any atom is -0.316 e. The largest absolute Gasteiger partial charge is 0.316 e. The van der Waals surface area contributed by atoms with Gasteiger partial charge in [0.15, 0.2) is 0 Å². The number of nitrogens with zero attached hydrogens (tertiary/aromatic N) is 1. The average molecular weight is 233 g/mol. The van der Waals surface area contributed by atoms with Gasteiger partial charge < -0.3 is 10.3 Å². The van der Waals surface area contributed by atoms with Crippen LogP contribution in [-0.2, 0) is 0 Å². The Morgan fingerprint density at radius 1 is 1.18 bits per heavy atom. The maximum absolute atomic E-state index is 12.1. The highest BCUT2D eigenvalue weighted by Crippen LogP contribution is 2.32. The fraction of sp³-hybridized carbons (Fsp3) is 0.692. The summed E-state index contributed by atoms with van der Waals surface area (Å²) in [4.78, 5) is 19.5. The molecule has 2 heterocycles. The van der Waals surface area contributed by atoms with Gasteiger partial charge in [-0.05, 0) is 31.7 Å². The van der Waals surface area contributed by atoms with Crippen molar-refractivity contribution < 1.29 is 0 Å². The molecule has 0 bridgehead atoms. The van der Waals surface area contributed by atoms with Crippen LogP contribution in [0.25, 0.3) is 0 Å². The molecule has 2 fully saturated rings. The van der Waals surface area contributed by atoms with Crippen LogP contribution in [0.3, 0.4) is 0 Å². The Morgan fingerprint density at radius 3 is 2.65 bits per heavy atom. The zero-order chi connectivity index (χ0) is 11.7. The first-order valence-corrected chi connectivity index (χ1v) is 6.64. The molecule has 0 aromatic carbocycles. The molecule has 4 nitrogen and oxygen atoms in total. The van der Waals surface area contributed by atoms with Gasteiger partial charge in [0.25, 0.3) is 5.56 Å². The second kappa shape index (κ2) is 4.61. The summed E-state index contributed by atoms with van der Waals surface area (Å²) in [5.74, 6) is 1.70. The normalized spacial score (nSPS) is 25.5. The van der Waals surface area contributed by atoms with Gasteiger partial charge in [0.05, 0.1) is 0 Å². The van der Waals surface area contributed by atoms with Gasteiger partial charge in [0.2, 0.25) is 0 Å². The summed E-state index contributed by atoms with van der Waals surface area (Å²) in [6.45, 7) is 1.96. The molecular weight excluding hydrogens is 214 g/mol. The topological polar surface area (TPSA) is 57.8 Å². The number of H-pyrrole nitrogens is 1. The molecule has 17 heavy (non-hydrogen) atoms. The highest BCUT2D eigenvalue weighted by molar-refractivity contribution is 5.15. The lowest BCUT2D eigenvalue weighted by molar-refractivity contribution is 0.665. The van der Waals surface area contributed by atoms with E-state index < -0.39 is 0 Å². The summed E-state index contributed by atoms with van der Waals surface area (Å²) in [5.41, 5.74) is 0.992. The molecule has 3 rings (SSSR count). The van der Waals surface area contributed by atoms with Crippen LogP contribution >= 0.6 is 0 Å². The number of rotatable bonds is 2. The lowest BCUT2D eigenvalue weighted by Gasteiger charge is -2.11. The molecule has 1 aromatic heterocycles. The molecule has 0 spiro atoms. The quantitative estimate of drug-likeness (QED) is 0.814. The third kappa shape index (κ3) is 2.14. The number of hydrogen-bond acceptors (Lipinski definition) is 3. The molecule has 1 atom stereocenters. The first kappa shape index (κ1) is 11.0. The van der Waals surface area contributed by atoms with E-state index in [0.717, 1.165) is 43.7 Å². The SMILES string of the molecule is O=c1[nH]c(C2CCNC2)ncc1C1CCCC1. The van der Waals surface area contributed by atoms with Gasteiger partial charge in [-0.2, -0.15) is 0 Å². The van der Waals surface area contributed by atoms with Crippen molar-refractivity contribution in [3.05, 3.63) is 27.9 Å². The first-order chi connectivity index (χ1) is 8.34. The minimum atomic E-state index is 0.0915. The second-order valence-electron chi connectivity index (χ2n) is 5.22. The van der Waals surface area contributed by atoms with Gasteiger partial charge >= 0.3 is 0 Å². The first-order valence-electron chi connectivity index (χ1n) is 6.64. The van der Waals surface area contributed by atoms with E-state index in [2.05, 4.69) is 15.3 Å². The third-order valence-corrected chi connectivity index (χ3v) is 4.09. The van der Waals surface area contributed by atoms with Gasteiger partial charge in [-0.15, -0.1) is 0 Å². The number of nitrogens with one attached hydrogen (secondary N) is 2. The molecule has 0 amide bonds. The van der Waals surface area contributed by atoms with E-state index in [0.29, 0.717) is 11.8 Å². The fourth-order valence-electron chi connectivity index (χ4n) is 3.04. The third-order valence-electron chi connectivity index (χ3n) is 4.09. The molecule has 92 valence electrons. The molecule has 2 N–H and O–H groups in total. The predicted molar refractivity (Wildman–Crippen MR) is 66.3 cm³/mol. The van der Waals surface area contributed by atoms with Crippen LogP contribution in [0.15, 0.2) is 11.0 Å². The van der Waals surface area contributed by atoms with Gasteiger partial charge in [0, 0.05) is 24.2 Å². The van der Waals surface area contributed by atoms with Crippen LogP contribution in [0.2, 0.25) is 0 Å². The predicted octanol–water partition coefficient (Wildman–Crippen LogP) is 1.50. The Labute approximate surface area is 101 Å². The summed E-state index contributed by atoms with van der Waals surface area (Å²) in [5, 5.41) is 3.30. The van der Waals surface area contributed by atoms with E-state index in [-0.39, 0.29) is 5.56 Å². The molecule has 1 aromatic rings. The van der Waals surface area contributed by atoms with Crippen molar-refractivity contribution in [1.82, 2.24) is 15.3 Å². The van der Waals surface area contributed by atoms with Crippen molar-refractivity contribution in [3.8, 4) is 0 Å². The Bertz CT molecular complexity index is 442. The summed E-state index contributed by atoms with van der Waals surface area (Å²) in [7, 11) is 0. The van der Waals surface area contributed by atoms with Crippen LogP contribution in [0.4, 0.5) is 0 Å². The van der Waals surface area contributed by atoms with Crippen molar-refractivity contribution in [3.63, 3.8) is 0 Å². The Balaban J connectivity index is 1.85. The number of hydrogen-bond donors (Lipinski definition) is 2. The van der Waals surface area contributed by atoms with Crippen LogP contribution in [0.1, 0.15) is 55.3 Å². The highest BCUT2D eigenvalue weighted by atomic mass is 16.1. The minimum absolute atomic E-state index is 0.0915. The lowest BCUT2D eigenvalue weighted by Crippen LogP contribution is -2.20. The average Bonchev–Trinajstić information content (AvgIpc) is 3.02. The molecule has 1 aliphatic heterocycles. The monoisotopic (exact) mass is 233 g/mol. The molecule has 1 saturated heterocycles. The van der Waals surface area contributed by atoms with E-state index in [9.17, 15) is 4.79 Å². The molecule has 0 radical (unpaired) electrons. The fourth-order valence-corrected chi connectivity index (χ4v) is 3.04. The van der Waals surface area contributed by atoms with E-state index in [1.54, 1.807) is 0 Å². The molecule has 4 heteroatoms. The second-order valence-corrected chi connectivity index (χ2v) is 5.22. The van der Waals surface area contributed by atoms with Crippen LogP contribution in [-0.4, -0.2) is 23.1 Å². The molecule has 2 aliphatic rings. The summed E-state index contributed by atoms with van der Waals surface area (Å²) in [6.07, 6.45) is 7.69. The van der Waals surface area contributed by atoms with E-state index in [4.69, 9.17) is 0 Å². The van der Waals surface area contributed by atoms with Crippen LogP contribution in [0, 0.1) is 0 Å². The number of aromatic nitrogens is 2. The molecule has 1 saturated carbocycles. The highest BCUT2D eigenvalue weighted by Gasteiger charge is 2.23. The van der Waals surface area contributed by atoms with Crippen molar-refractivity contribution in [2.75, 3.05) is 13.1 Å². The van der Waals surface area contributed by atoms with Crippen LogP contribution < -0.4 is 10.9 Å². The Morgan fingerprint density at radius 2 is 2.00 bits per heavy atom. The maximum Gasteiger partial charge on any atom is 0.254 e. The van der Waals surface area contributed by atoms with Crippen molar-refractivity contribution in [2.45, 2.75) is 43.9 Å². The van der Waals surface area contributed by atoms with E-state index >= 15 is 0 Å². The Hall–Kier alpha value is -1.16. The molecule has 1 unspecified atom stereocenters. The van der Waals surface area contributed by atoms with Gasteiger partial charge in [-0.25, -0.2) is 4.98 Å². The van der Waals surface area contributed by atoms with E-state index in [1.165, 1.54) is 12.8 Å². The van der Waals surface area contributed by atoms with Gasteiger partial charge in [0.1, 0.15) is 5.82 Å². The standard InChI is InChI=1S/C13H19N3O/c17-13-11(9-3-1-2-4-9)8-15-12(16-13)10-5-6-14-7-10/h8-10,14H,1-7H2,(H,15,16,17). The zero-order valence-corrected chi connectivity index (χ0v) is 10.0. The zero-order valence-electron chi connectivity index (χ0n) is 10.0. The summed E-state index contributed by atoms with van der Waals surface area (Å²) >= 11 is 0. The van der Waals surface area contributed by atoms with Crippen molar-refractivity contribution in [2.24, 2.45) is 0 Å². The lowest BCUT2D eigenvalue weighted by atomic mass is 10.0. The van der Waals surface area contributed by atoms with Crippen molar-refractivity contribution >= 4 is 0 Å². The Kier molecular flexibility index (Phi) is 2.97. The molecular formula is C13H19N3O.